The lowest BCUT2D eigenvalue weighted by atomic mass is 9.95. The molecule has 0 bridgehead atoms. The molecule has 0 aliphatic carbocycles. The van der Waals surface area contributed by atoms with Crippen molar-refractivity contribution >= 4 is 29.0 Å². The Morgan fingerprint density at radius 1 is 1.16 bits per heavy atom. The van der Waals surface area contributed by atoms with Crippen LogP contribution in [0.5, 0.6) is 11.5 Å². The van der Waals surface area contributed by atoms with E-state index in [1.54, 1.807) is 35.4 Å². The van der Waals surface area contributed by atoms with Gasteiger partial charge in [-0.15, -0.1) is 0 Å². The van der Waals surface area contributed by atoms with E-state index in [2.05, 4.69) is 9.69 Å². The minimum absolute atomic E-state index is 0.00266. The number of amides is 2. The summed E-state index contributed by atoms with van der Waals surface area (Å²) >= 11 is 1.20. The maximum Gasteiger partial charge on any atom is 0.265 e. The fourth-order valence-corrected chi connectivity index (χ4v) is 3.61. The number of carbonyl (C=O) groups is 2. The number of ether oxygens (including phenoxy) is 2. The van der Waals surface area contributed by atoms with Gasteiger partial charge in [0.25, 0.3) is 5.91 Å². The third kappa shape index (κ3) is 3.30. The Hall–Kier alpha value is -2.61. The second kappa shape index (κ2) is 6.72. The van der Waals surface area contributed by atoms with Crippen molar-refractivity contribution in [3.63, 3.8) is 0 Å². The van der Waals surface area contributed by atoms with Crippen LogP contribution in [0.25, 0.3) is 0 Å². The molecular formula is C17H17N3O4S. The number of hydrogen-bond donors (Lipinski definition) is 1. The second-order valence-corrected chi connectivity index (χ2v) is 6.83. The largest absolute Gasteiger partial charge is 0.454 e. The Labute approximate surface area is 148 Å². The van der Waals surface area contributed by atoms with Crippen molar-refractivity contribution in [2.24, 2.45) is 5.92 Å². The summed E-state index contributed by atoms with van der Waals surface area (Å²) in [6, 6.07) is 7.08. The number of fused-ring (bicyclic) bond motifs is 1. The van der Waals surface area contributed by atoms with Gasteiger partial charge in [-0.2, -0.15) is 0 Å². The van der Waals surface area contributed by atoms with Crippen LogP contribution >= 0.6 is 11.5 Å². The summed E-state index contributed by atoms with van der Waals surface area (Å²) in [5.74, 6) is 1.20. The van der Waals surface area contributed by atoms with Crippen LogP contribution in [0.1, 0.15) is 22.5 Å². The van der Waals surface area contributed by atoms with Crippen molar-refractivity contribution in [2.75, 3.05) is 25.2 Å². The summed E-state index contributed by atoms with van der Waals surface area (Å²) in [4.78, 5) is 27.2. The van der Waals surface area contributed by atoms with E-state index in [-0.39, 0.29) is 24.5 Å². The average Bonchev–Trinajstić information content (AvgIpc) is 3.32. The van der Waals surface area contributed by atoms with Gasteiger partial charge >= 0.3 is 0 Å². The highest BCUT2D eigenvalue weighted by Gasteiger charge is 2.28. The Morgan fingerprint density at radius 3 is 2.72 bits per heavy atom. The highest BCUT2D eigenvalue weighted by atomic mass is 32.1. The summed E-state index contributed by atoms with van der Waals surface area (Å²) < 4.78 is 14.5. The fourth-order valence-electron chi connectivity index (χ4n) is 3.05. The van der Waals surface area contributed by atoms with Crippen LogP contribution in [-0.4, -0.2) is 41.0 Å². The highest BCUT2D eigenvalue weighted by molar-refractivity contribution is 7.08. The van der Waals surface area contributed by atoms with Crippen molar-refractivity contribution in [2.45, 2.75) is 12.8 Å². The van der Waals surface area contributed by atoms with Gasteiger partial charge in [-0.3, -0.25) is 9.59 Å². The maximum absolute atomic E-state index is 12.5. The molecule has 8 heteroatoms. The highest BCUT2D eigenvalue weighted by Crippen LogP contribution is 2.34. The molecule has 3 heterocycles. The molecule has 4 rings (SSSR count). The zero-order chi connectivity index (χ0) is 17.2. The molecular weight excluding hydrogens is 342 g/mol. The molecule has 1 saturated heterocycles. The second-order valence-electron chi connectivity index (χ2n) is 6.00. The summed E-state index contributed by atoms with van der Waals surface area (Å²) in [5.41, 5.74) is 0.692. The summed E-state index contributed by atoms with van der Waals surface area (Å²) in [5, 5.41) is 2.93. The lowest BCUT2D eigenvalue weighted by molar-refractivity contribution is -0.121. The molecule has 7 nitrogen and oxygen atoms in total. The van der Waals surface area contributed by atoms with E-state index in [1.807, 2.05) is 0 Å². The number of nitrogens with zero attached hydrogens (tertiary/aromatic N) is 2. The van der Waals surface area contributed by atoms with Crippen LogP contribution in [-0.2, 0) is 4.79 Å². The van der Waals surface area contributed by atoms with E-state index in [4.69, 9.17) is 9.47 Å². The van der Waals surface area contributed by atoms with E-state index in [0.29, 0.717) is 48.0 Å². The quantitative estimate of drug-likeness (QED) is 0.910. The van der Waals surface area contributed by atoms with E-state index in [9.17, 15) is 9.59 Å². The molecule has 1 aromatic heterocycles. The molecule has 2 aliphatic rings. The monoisotopic (exact) mass is 359 g/mol. The van der Waals surface area contributed by atoms with Crippen molar-refractivity contribution in [1.82, 2.24) is 9.27 Å². The number of piperidine rings is 1. The topological polar surface area (TPSA) is 80.8 Å². The minimum Gasteiger partial charge on any atom is -0.454 e. The van der Waals surface area contributed by atoms with Gasteiger partial charge in [0.15, 0.2) is 11.5 Å². The van der Waals surface area contributed by atoms with Crippen molar-refractivity contribution in [3.8, 4) is 11.5 Å². The molecule has 0 spiro atoms. The third-order valence-corrected chi connectivity index (χ3v) is 5.18. The van der Waals surface area contributed by atoms with Gasteiger partial charge in [-0.25, -0.2) is 4.37 Å². The van der Waals surface area contributed by atoms with Gasteiger partial charge in [0, 0.05) is 37.0 Å². The normalized spacial score (nSPS) is 16.7. The average molecular weight is 359 g/mol. The molecule has 1 N–H and O–H groups in total. The van der Waals surface area contributed by atoms with Gasteiger partial charge in [0.2, 0.25) is 12.7 Å². The molecule has 2 aliphatic heterocycles. The van der Waals surface area contributed by atoms with Crippen molar-refractivity contribution in [3.05, 3.63) is 35.3 Å². The van der Waals surface area contributed by atoms with Crippen LogP contribution in [0.3, 0.4) is 0 Å². The van der Waals surface area contributed by atoms with E-state index < -0.39 is 0 Å². The number of rotatable bonds is 3. The first-order chi connectivity index (χ1) is 12.2. The molecule has 0 saturated carbocycles. The van der Waals surface area contributed by atoms with Gasteiger partial charge in [-0.1, -0.05) is 0 Å². The van der Waals surface area contributed by atoms with Gasteiger partial charge in [-0.05, 0) is 42.6 Å². The first-order valence-electron chi connectivity index (χ1n) is 8.11. The van der Waals surface area contributed by atoms with Crippen molar-refractivity contribution in [1.29, 1.82) is 0 Å². The van der Waals surface area contributed by atoms with Crippen LogP contribution < -0.4 is 14.8 Å². The SMILES string of the molecule is O=C(Nc1ccc2c(c1)OCO2)C1CCN(C(=O)c2ccns2)CC1. The third-order valence-electron chi connectivity index (χ3n) is 4.44. The number of anilines is 1. The lowest BCUT2D eigenvalue weighted by Gasteiger charge is -2.31. The molecule has 1 fully saturated rings. The van der Waals surface area contributed by atoms with Crippen LogP contribution in [0, 0.1) is 5.92 Å². The van der Waals surface area contributed by atoms with Crippen molar-refractivity contribution < 1.29 is 19.1 Å². The molecule has 0 unspecified atom stereocenters. The molecule has 2 aromatic rings. The summed E-state index contributed by atoms with van der Waals surface area (Å²) in [6.07, 6.45) is 2.94. The van der Waals surface area contributed by atoms with Gasteiger partial charge in [0.1, 0.15) is 4.88 Å². The molecule has 130 valence electrons. The Balaban J connectivity index is 1.33. The summed E-state index contributed by atoms with van der Waals surface area (Å²) in [7, 11) is 0. The zero-order valence-corrected chi connectivity index (χ0v) is 14.3. The van der Waals surface area contributed by atoms with E-state index >= 15 is 0 Å². The van der Waals surface area contributed by atoms with E-state index in [0.717, 1.165) is 0 Å². The Morgan fingerprint density at radius 2 is 1.96 bits per heavy atom. The van der Waals surface area contributed by atoms with Gasteiger partial charge in [0.05, 0.1) is 0 Å². The number of nitrogens with one attached hydrogen (secondary N) is 1. The predicted octanol–water partition coefficient (Wildman–Crippen LogP) is 2.36. The number of benzene rings is 1. The van der Waals surface area contributed by atoms with Crippen LogP contribution in [0.2, 0.25) is 0 Å². The van der Waals surface area contributed by atoms with Crippen LogP contribution in [0.4, 0.5) is 5.69 Å². The molecule has 1 aromatic carbocycles. The van der Waals surface area contributed by atoms with E-state index in [1.165, 1.54) is 11.5 Å². The Bertz CT molecular complexity index is 785. The first-order valence-corrected chi connectivity index (χ1v) is 8.88. The molecule has 0 atom stereocenters. The predicted molar refractivity (Wildman–Crippen MR) is 91.9 cm³/mol. The first kappa shape index (κ1) is 15.9. The summed E-state index contributed by atoms with van der Waals surface area (Å²) in [6.45, 7) is 1.37. The Kier molecular flexibility index (Phi) is 4.27. The lowest BCUT2D eigenvalue weighted by Crippen LogP contribution is -2.41. The molecule has 0 radical (unpaired) electrons. The smallest absolute Gasteiger partial charge is 0.265 e. The molecule has 25 heavy (non-hydrogen) atoms. The fraction of sp³-hybridized carbons (Fsp3) is 0.353. The number of aromatic nitrogens is 1. The minimum atomic E-state index is -0.101. The maximum atomic E-state index is 12.5. The van der Waals surface area contributed by atoms with Crippen LogP contribution in [0.15, 0.2) is 30.5 Å². The number of hydrogen-bond acceptors (Lipinski definition) is 6. The zero-order valence-electron chi connectivity index (χ0n) is 13.4. The van der Waals surface area contributed by atoms with Gasteiger partial charge < -0.3 is 19.7 Å². The number of likely N-dealkylation sites (tertiary alicyclic amines) is 1. The standard InChI is InChI=1S/C17H17N3O4S/c21-16(19-12-1-2-13-14(9-12)24-10-23-13)11-4-7-20(8-5-11)17(22)15-3-6-18-25-15/h1-3,6,9,11H,4-5,7-8,10H2,(H,19,21). The molecule has 2 amide bonds. The number of carbonyl (C=O) groups excluding carboxylic acids is 2.